The van der Waals surface area contributed by atoms with Crippen molar-refractivity contribution in [1.29, 1.82) is 0 Å². The third-order valence-corrected chi connectivity index (χ3v) is 2.29. The maximum atomic E-state index is 9.19. The molecule has 1 aliphatic rings. The first-order valence-corrected chi connectivity index (χ1v) is 6.31. The van der Waals surface area contributed by atoms with E-state index in [4.69, 9.17) is 4.55 Å². The van der Waals surface area contributed by atoms with E-state index in [0.29, 0.717) is 6.26 Å². The van der Waals surface area contributed by atoms with Crippen molar-refractivity contribution in [2.24, 2.45) is 0 Å². The summed E-state index contributed by atoms with van der Waals surface area (Å²) >= 11 is 2.16. The molecule has 0 atom stereocenters. The van der Waals surface area contributed by atoms with Gasteiger partial charge in [-0.3, -0.25) is 4.55 Å². The zero-order valence-corrected chi connectivity index (χ0v) is 9.02. The van der Waals surface area contributed by atoms with Crippen LogP contribution < -0.4 is 0 Å². The summed E-state index contributed by atoms with van der Waals surface area (Å²) in [6.45, 7) is 0. The standard InChI is InChI=1S/C5H9.CH4O3S.Mg/c1-2-4-5-3-1;1-5(2,3)4;/h1H,2-5H2;1H3,(H,2,3,4);/q;;+2. The fraction of sp³-hybridized carbons (Fsp3) is 1.00. The van der Waals surface area contributed by atoms with E-state index < -0.39 is 10.1 Å². The molecule has 0 bridgehead atoms. The van der Waals surface area contributed by atoms with Crippen LogP contribution in [0.4, 0.5) is 0 Å². The van der Waals surface area contributed by atoms with Gasteiger partial charge in [0, 0.05) is 12.8 Å². The van der Waals surface area contributed by atoms with Crippen LogP contribution in [0.2, 0.25) is 4.05 Å². The van der Waals surface area contributed by atoms with Crippen molar-refractivity contribution in [1.82, 2.24) is 0 Å². The Morgan fingerprint density at radius 1 is 1.36 bits per heavy atom. The normalized spacial score (nSPS) is 19.2. The molecule has 1 fully saturated rings. The second-order valence-electron chi connectivity index (χ2n) is 2.88. The Kier molecular flexibility index (Phi) is 5.67. The predicted molar refractivity (Wildman–Crippen MR) is 45.4 cm³/mol. The van der Waals surface area contributed by atoms with E-state index in [1.54, 1.807) is 0 Å². The minimum atomic E-state index is -3.67. The maximum absolute atomic E-state index is 9.19. The summed E-state index contributed by atoms with van der Waals surface area (Å²) < 4.78 is 26.9. The van der Waals surface area contributed by atoms with E-state index in [2.05, 4.69) is 21.7 Å². The minimum absolute atomic E-state index is 0.715. The van der Waals surface area contributed by atoms with Gasteiger partial charge in [0.1, 0.15) is 0 Å². The summed E-state index contributed by atoms with van der Waals surface area (Å²) in [5, 5.41) is 0. The van der Waals surface area contributed by atoms with Crippen LogP contribution in [0, 0.1) is 0 Å². The summed E-state index contributed by atoms with van der Waals surface area (Å²) in [4.78, 5) is 0. The molecule has 0 heterocycles. The molecule has 1 N–H and O–H groups in total. The van der Waals surface area contributed by atoms with Gasteiger partial charge in [-0.15, -0.1) is 0 Å². The molecule has 0 unspecified atom stereocenters. The molecule has 1 saturated carbocycles. The van der Waals surface area contributed by atoms with E-state index >= 15 is 0 Å². The van der Waals surface area contributed by atoms with E-state index in [1.165, 1.54) is 25.7 Å². The molecule has 5 heteroatoms. The van der Waals surface area contributed by atoms with Crippen LogP contribution in [0.1, 0.15) is 25.7 Å². The van der Waals surface area contributed by atoms with Crippen LogP contribution in [0.25, 0.3) is 0 Å². The molecule has 1 rings (SSSR count). The van der Waals surface area contributed by atoms with Gasteiger partial charge in [-0.25, -0.2) is 0 Å². The molecule has 0 aliphatic heterocycles. The first-order chi connectivity index (χ1) is 4.89. The molecular weight excluding hydrogens is 176 g/mol. The fourth-order valence-corrected chi connectivity index (χ4v) is 1.59. The van der Waals surface area contributed by atoms with Crippen LogP contribution in [0.3, 0.4) is 0 Å². The molecule has 0 saturated heterocycles. The first kappa shape index (κ1) is 11.7. The van der Waals surface area contributed by atoms with Crippen LogP contribution in [0.15, 0.2) is 0 Å². The lowest BCUT2D eigenvalue weighted by molar-refractivity contribution is 0.490. The lowest BCUT2D eigenvalue weighted by Gasteiger charge is -1.69. The Hall–Kier alpha value is 0.676. The Labute approximate surface area is 80.7 Å². The van der Waals surface area contributed by atoms with Gasteiger partial charge in [0.2, 0.25) is 0 Å². The summed E-state index contributed by atoms with van der Waals surface area (Å²) in [5.41, 5.74) is 0. The maximum Gasteiger partial charge on any atom is 1.42 e. The third-order valence-electron chi connectivity index (χ3n) is 1.47. The van der Waals surface area contributed by atoms with Gasteiger partial charge in [0.25, 0.3) is 14.2 Å². The third kappa shape index (κ3) is 13.6. The van der Waals surface area contributed by atoms with E-state index in [0.717, 1.165) is 4.05 Å². The lowest BCUT2D eigenvalue weighted by Crippen LogP contribution is -1.88. The lowest BCUT2D eigenvalue weighted by atomic mass is 10.4. The monoisotopic (exact) mass is 189 g/mol. The zero-order valence-electron chi connectivity index (χ0n) is 6.78. The predicted octanol–water partition coefficient (Wildman–Crippen LogP) is 1.02. The van der Waals surface area contributed by atoms with Crippen molar-refractivity contribution in [3.8, 4) is 0 Å². The van der Waals surface area contributed by atoms with Crippen molar-refractivity contribution in [2.75, 3.05) is 6.26 Å². The highest BCUT2D eigenvalue weighted by molar-refractivity contribution is 7.85. The second kappa shape index (κ2) is 5.34. The van der Waals surface area contributed by atoms with Crippen LogP contribution in [0.5, 0.6) is 0 Å². The Morgan fingerprint density at radius 3 is 1.73 bits per heavy atom. The zero-order chi connectivity index (χ0) is 8.91. The van der Waals surface area contributed by atoms with Crippen molar-refractivity contribution < 1.29 is 13.0 Å². The SMILES string of the molecule is CS(=O)(=O)O.[Mg+2][CH]1CCCC1. The van der Waals surface area contributed by atoms with E-state index in [1.807, 2.05) is 0 Å². The first-order valence-electron chi connectivity index (χ1n) is 3.65. The molecule has 0 amide bonds. The smallest absolute Gasteiger partial charge is 0.286 e. The molecule has 3 nitrogen and oxygen atoms in total. The summed E-state index contributed by atoms with van der Waals surface area (Å²) in [6.07, 6.45) is 6.70. The summed E-state index contributed by atoms with van der Waals surface area (Å²) in [5.74, 6) is 0. The number of hydrogen-bond acceptors (Lipinski definition) is 2. The van der Waals surface area contributed by atoms with Gasteiger partial charge in [-0.1, -0.05) is 0 Å². The summed E-state index contributed by atoms with van der Waals surface area (Å²) in [7, 11) is -3.67. The molecule has 0 aromatic rings. The van der Waals surface area contributed by atoms with Gasteiger partial charge < -0.3 is 0 Å². The van der Waals surface area contributed by atoms with E-state index in [9.17, 15) is 8.42 Å². The fourth-order valence-electron chi connectivity index (χ4n) is 1.01. The second-order valence-corrected chi connectivity index (χ2v) is 5.50. The molecule has 0 aromatic carbocycles. The average Bonchev–Trinajstić information content (AvgIpc) is 2.12. The highest BCUT2D eigenvalue weighted by Gasteiger charge is 2.43. The van der Waals surface area contributed by atoms with Crippen LogP contribution in [-0.2, 0) is 10.1 Å². The minimum Gasteiger partial charge on any atom is -0.286 e. The largest absolute Gasteiger partial charge is 1.42 e. The van der Waals surface area contributed by atoms with Gasteiger partial charge in [-0.2, -0.15) is 8.42 Å². The molecular formula is C6H13MgO3S+2. The van der Waals surface area contributed by atoms with Crippen molar-refractivity contribution in [3.63, 3.8) is 0 Å². The molecule has 1 aliphatic carbocycles. The molecule has 61 valence electrons. The van der Waals surface area contributed by atoms with Gasteiger partial charge >= 0.3 is 21.7 Å². The topological polar surface area (TPSA) is 54.4 Å². The summed E-state index contributed by atoms with van der Waals surface area (Å²) in [6, 6.07) is 0. The average molecular weight is 190 g/mol. The Bertz CT molecular complexity index is 174. The molecule has 7 radical (unpaired) electrons. The molecule has 0 spiro atoms. The van der Waals surface area contributed by atoms with Crippen molar-refractivity contribution in [2.45, 2.75) is 29.7 Å². The number of rotatable bonds is 0. The Morgan fingerprint density at radius 2 is 1.64 bits per heavy atom. The van der Waals surface area contributed by atoms with Gasteiger partial charge in [0.05, 0.1) is 6.26 Å². The van der Waals surface area contributed by atoms with Gasteiger partial charge in [0.15, 0.2) is 0 Å². The van der Waals surface area contributed by atoms with Crippen molar-refractivity contribution >= 4 is 31.8 Å². The van der Waals surface area contributed by atoms with Crippen molar-refractivity contribution in [3.05, 3.63) is 0 Å². The molecule has 11 heavy (non-hydrogen) atoms. The Balaban J connectivity index is 0.000000187. The van der Waals surface area contributed by atoms with Crippen LogP contribution >= 0.6 is 0 Å². The number of hydrogen-bond donors (Lipinski definition) is 1. The van der Waals surface area contributed by atoms with E-state index in [-0.39, 0.29) is 0 Å². The molecule has 0 aromatic heterocycles. The van der Waals surface area contributed by atoms with Crippen LogP contribution in [-0.4, -0.2) is 40.9 Å². The van der Waals surface area contributed by atoms with Gasteiger partial charge in [-0.05, 0) is 12.8 Å². The quantitative estimate of drug-likeness (QED) is 0.457. The highest BCUT2D eigenvalue weighted by Crippen LogP contribution is 2.26. The highest BCUT2D eigenvalue weighted by atomic mass is 32.2.